The molecule has 2 heterocycles. The van der Waals surface area contributed by atoms with Gasteiger partial charge in [-0.05, 0) is 12.8 Å². The SMILES string of the molecule is N=C(N)C1CCCN(c2nnc(C(F)(F)F)s2)C1. The molecule has 1 fully saturated rings. The van der Waals surface area contributed by atoms with E-state index in [0.29, 0.717) is 24.4 Å². The Balaban J connectivity index is 2.12. The molecule has 1 unspecified atom stereocenters. The maximum atomic E-state index is 12.4. The summed E-state index contributed by atoms with van der Waals surface area (Å²) in [5.74, 6) is -0.0442. The molecule has 1 saturated heterocycles. The number of anilines is 1. The van der Waals surface area contributed by atoms with E-state index in [1.807, 2.05) is 0 Å². The lowest BCUT2D eigenvalue weighted by atomic mass is 9.97. The maximum absolute atomic E-state index is 12.4. The van der Waals surface area contributed by atoms with Crippen LogP contribution in [0, 0.1) is 11.3 Å². The molecule has 2 rings (SSSR count). The van der Waals surface area contributed by atoms with Gasteiger partial charge in [-0.25, -0.2) is 0 Å². The van der Waals surface area contributed by atoms with Gasteiger partial charge in [0.25, 0.3) is 0 Å². The van der Waals surface area contributed by atoms with Gasteiger partial charge in [0.1, 0.15) is 0 Å². The standard InChI is InChI=1S/C9H12F3N5S/c10-9(11,12)7-15-16-8(18-7)17-3-1-2-5(4-17)6(13)14/h5H,1-4H2,(H3,13,14). The smallest absolute Gasteiger partial charge is 0.387 e. The molecule has 100 valence electrons. The number of nitrogens with two attached hydrogens (primary N) is 1. The van der Waals surface area contributed by atoms with Gasteiger partial charge >= 0.3 is 6.18 Å². The van der Waals surface area contributed by atoms with Crippen LogP contribution in [0.4, 0.5) is 18.3 Å². The zero-order valence-corrected chi connectivity index (χ0v) is 10.2. The predicted octanol–water partition coefficient (Wildman–Crippen LogP) is 1.71. The molecule has 0 spiro atoms. The molecular formula is C9H12F3N5S. The number of alkyl halides is 3. The third-order valence-corrected chi connectivity index (χ3v) is 3.82. The van der Waals surface area contributed by atoms with Crippen LogP contribution in [0.2, 0.25) is 0 Å². The molecular weight excluding hydrogens is 267 g/mol. The number of aromatic nitrogens is 2. The highest BCUT2D eigenvalue weighted by Gasteiger charge is 2.36. The van der Waals surface area contributed by atoms with Crippen molar-refractivity contribution < 1.29 is 13.2 Å². The molecule has 0 bridgehead atoms. The first-order valence-corrected chi connectivity index (χ1v) is 6.19. The Labute approximate surface area is 105 Å². The van der Waals surface area contributed by atoms with Crippen LogP contribution in [0.3, 0.4) is 0 Å². The molecule has 3 N–H and O–H groups in total. The fraction of sp³-hybridized carbons (Fsp3) is 0.667. The topological polar surface area (TPSA) is 78.9 Å². The molecule has 1 aromatic rings. The zero-order valence-electron chi connectivity index (χ0n) is 9.37. The first kappa shape index (κ1) is 13.1. The van der Waals surface area contributed by atoms with Gasteiger partial charge in [-0.1, -0.05) is 11.3 Å². The summed E-state index contributed by atoms with van der Waals surface area (Å²) in [4.78, 5) is 1.71. The number of piperidine rings is 1. The van der Waals surface area contributed by atoms with Crippen LogP contribution < -0.4 is 10.6 Å². The second-order valence-electron chi connectivity index (χ2n) is 4.13. The van der Waals surface area contributed by atoms with Crippen molar-refractivity contribution in [3.63, 3.8) is 0 Å². The molecule has 18 heavy (non-hydrogen) atoms. The first-order chi connectivity index (χ1) is 8.38. The third-order valence-electron chi connectivity index (χ3n) is 2.79. The molecule has 0 saturated carbocycles. The van der Waals surface area contributed by atoms with Crippen molar-refractivity contribution in [2.24, 2.45) is 11.7 Å². The quantitative estimate of drug-likeness (QED) is 0.638. The lowest BCUT2D eigenvalue weighted by Gasteiger charge is -2.31. The highest BCUT2D eigenvalue weighted by molar-refractivity contribution is 7.15. The molecule has 0 aliphatic carbocycles. The van der Waals surface area contributed by atoms with Crippen LogP contribution in [0.1, 0.15) is 17.8 Å². The highest BCUT2D eigenvalue weighted by Crippen LogP contribution is 2.35. The fourth-order valence-electron chi connectivity index (χ4n) is 1.86. The summed E-state index contributed by atoms with van der Waals surface area (Å²) in [6, 6.07) is 0. The normalized spacial score (nSPS) is 21.1. The Bertz CT molecular complexity index is 444. The average molecular weight is 279 g/mol. The third kappa shape index (κ3) is 2.71. The van der Waals surface area contributed by atoms with E-state index in [9.17, 15) is 13.2 Å². The molecule has 1 atom stereocenters. The van der Waals surface area contributed by atoms with Gasteiger partial charge in [-0.15, -0.1) is 10.2 Å². The second-order valence-corrected chi connectivity index (χ2v) is 5.08. The predicted molar refractivity (Wildman–Crippen MR) is 61.8 cm³/mol. The highest BCUT2D eigenvalue weighted by atomic mass is 32.1. The summed E-state index contributed by atoms with van der Waals surface area (Å²) < 4.78 is 37.2. The number of amidine groups is 1. The zero-order chi connectivity index (χ0) is 13.3. The van der Waals surface area contributed by atoms with Crippen LogP contribution in [-0.4, -0.2) is 29.1 Å². The van der Waals surface area contributed by atoms with Crippen molar-refractivity contribution in [2.75, 3.05) is 18.0 Å². The number of halogens is 3. The lowest BCUT2D eigenvalue weighted by molar-refractivity contribution is -0.138. The van der Waals surface area contributed by atoms with E-state index in [4.69, 9.17) is 11.1 Å². The van der Waals surface area contributed by atoms with Gasteiger partial charge in [0.2, 0.25) is 10.1 Å². The van der Waals surface area contributed by atoms with Crippen molar-refractivity contribution in [3.8, 4) is 0 Å². The molecule has 0 radical (unpaired) electrons. The first-order valence-electron chi connectivity index (χ1n) is 5.37. The summed E-state index contributed by atoms with van der Waals surface area (Å²) in [6.07, 6.45) is -2.88. The molecule has 9 heteroatoms. The summed E-state index contributed by atoms with van der Waals surface area (Å²) in [5, 5.41) is 13.4. The van der Waals surface area contributed by atoms with Crippen molar-refractivity contribution >= 4 is 22.3 Å². The van der Waals surface area contributed by atoms with Gasteiger partial charge in [0, 0.05) is 19.0 Å². The molecule has 1 aliphatic rings. The molecule has 1 aliphatic heterocycles. The van der Waals surface area contributed by atoms with Crippen molar-refractivity contribution in [3.05, 3.63) is 5.01 Å². The van der Waals surface area contributed by atoms with Crippen LogP contribution in [0.5, 0.6) is 0 Å². The van der Waals surface area contributed by atoms with Gasteiger partial charge in [0.15, 0.2) is 0 Å². The van der Waals surface area contributed by atoms with Crippen LogP contribution in [0.15, 0.2) is 0 Å². The van der Waals surface area contributed by atoms with Gasteiger partial charge in [-0.3, -0.25) is 5.41 Å². The fourth-order valence-corrected chi connectivity index (χ4v) is 2.61. The van der Waals surface area contributed by atoms with E-state index in [1.165, 1.54) is 0 Å². The lowest BCUT2D eigenvalue weighted by Crippen LogP contribution is -2.40. The summed E-state index contributed by atoms with van der Waals surface area (Å²) in [5.41, 5.74) is 5.43. The largest absolute Gasteiger partial charge is 0.445 e. The Kier molecular flexibility index (Phi) is 3.42. The Hall–Kier alpha value is -1.38. The molecule has 0 amide bonds. The number of nitrogens with one attached hydrogen (secondary N) is 1. The average Bonchev–Trinajstić information content (AvgIpc) is 2.78. The van der Waals surface area contributed by atoms with Crippen LogP contribution >= 0.6 is 11.3 Å². The van der Waals surface area contributed by atoms with Crippen molar-refractivity contribution in [2.45, 2.75) is 19.0 Å². The van der Waals surface area contributed by atoms with E-state index in [2.05, 4.69) is 10.2 Å². The number of rotatable bonds is 2. The Morgan fingerprint density at radius 3 is 2.72 bits per heavy atom. The van der Waals surface area contributed by atoms with E-state index >= 15 is 0 Å². The van der Waals surface area contributed by atoms with Gasteiger partial charge < -0.3 is 10.6 Å². The number of nitrogens with zero attached hydrogens (tertiary/aromatic N) is 3. The second kappa shape index (κ2) is 4.71. The minimum Gasteiger partial charge on any atom is -0.387 e. The van der Waals surface area contributed by atoms with E-state index < -0.39 is 11.2 Å². The Morgan fingerprint density at radius 2 is 2.17 bits per heavy atom. The maximum Gasteiger partial charge on any atom is 0.445 e. The minimum absolute atomic E-state index is 0.0697. The van der Waals surface area contributed by atoms with Gasteiger partial charge in [0.05, 0.1) is 5.84 Å². The monoisotopic (exact) mass is 279 g/mol. The summed E-state index contributed by atoms with van der Waals surface area (Å²) in [6.45, 7) is 1.05. The van der Waals surface area contributed by atoms with Crippen LogP contribution in [-0.2, 0) is 6.18 Å². The van der Waals surface area contributed by atoms with Gasteiger partial charge in [-0.2, -0.15) is 13.2 Å². The van der Waals surface area contributed by atoms with Crippen LogP contribution in [0.25, 0.3) is 0 Å². The minimum atomic E-state index is -4.45. The molecule has 0 aromatic carbocycles. The van der Waals surface area contributed by atoms with Crippen molar-refractivity contribution in [1.82, 2.24) is 10.2 Å². The summed E-state index contributed by atoms with van der Waals surface area (Å²) >= 11 is 0.527. The summed E-state index contributed by atoms with van der Waals surface area (Å²) in [7, 11) is 0. The van der Waals surface area contributed by atoms with Crippen molar-refractivity contribution in [1.29, 1.82) is 5.41 Å². The van der Waals surface area contributed by atoms with E-state index in [1.54, 1.807) is 4.90 Å². The molecule has 1 aromatic heterocycles. The number of hydrogen-bond acceptors (Lipinski definition) is 5. The van der Waals surface area contributed by atoms with E-state index in [0.717, 1.165) is 12.8 Å². The van der Waals surface area contributed by atoms with E-state index in [-0.39, 0.29) is 16.9 Å². The number of hydrogen-bond donors (Lipinski definition) is 2. The molecule has 5 nitrogen and oxygen atoms in total. The Morgan fingerprint density at radius 1 is 1.44 bits per heavy atom.